The van der Waals surface area contributed by atoms with Crippen LogP contribution in [0.25, 0.3) is 0 Å². The fourth-order valence-corrected chi connectivity index (χ4v) is 4.29. The van der Waals surface area contributed by atoms with Crippen LogP contribution < -0.4 is 9.50 Å². The van der Waals surface area contributed by atoms with Crippen molar-refractivity contribution in [3.63, 3.8) is 0 Å². The van der Waals surface area contributed by atoms with Gasteiger partial charge >= 0.3 is 10.1 Å². The third-order valence-electron chi connectivity index (χ3n) is 4.64. The third-order valence-corrected chi connectivity index (χ3v) is 5.89. The van der Waals surface area contributed by atoms with E-state index in [0.29, 0.717) is 18.5 Å². The van der Waals surface area contributed by atoms with E-state index in [9.17, 15) is 18.0 Å². The van der Waals surface area contributed by atoms with Gasteiger partial charge in [-0.1, -0.05) is 25.1 Å². The molecule has 6 nitrogen and oxygen atoms in total. The van der Waals surface area contributed by atoms with Gasteiger partial charge in [0.05, 0.1) is 5.56 Å². The number of aryl methyl sites for hydroxylation is 1. The van der Waals surface area contributed by atoms with Gasteiger partial charge in [-0.05, 0) is 47.7 Å². The lowest BCUT2D eigenvalue weighted by atomic mass is 9.98. The van der Waals surface area contributed by atoms with Gasteiger partial charge in [0.2, 0.25) is 5.91 Å². The van der Waals surface area contributed by atoms with Gasteiger partial charge in [-0.25, -0.2) is 0 Å². The second-order valence-electron chi connectivity index (χ2n) is 6.79. The number of amides is 1. The molecule has 1 atom stereocenters. The first-order valence-electron chi connectivity index (χ1n) is 8.63. The maximum Gasteiger partial charge on any atom is 0.339 e. The number of rotatable bonds is 5. The summed E-state index contributed by atoms with van der Waals surface area (Å²) in [4.78, 5) is 23.3. The highest BCUT2D eigenvalue weighted by atomic mass is 32.2. The molecule has 0 saturated heterocycles. The number of ketones is 1. The molecule has 1 amide bonds. The van der Waals surface area contributed by atoms with Crippen molar-refractivity contribution in [2.45, 2.75) is 44.6 Å². The van der Waals surface area contributed by atoms with Crippen LogP contribution in [0, 0.1) is 6.92 Å². The van der Waals surface area contributed by atoms with Crippen molar-refractivity contribution in [3.05, 3.63) is 58.7 Å². The maximum atomic E-state index is 12.6. The quantitative estimate of drug-likeness (QED) is 0.797. The molecule has 2 aromatic carbocycles. The largest absolute Gasteiger partial charge is 0.378 e. The Morgan fingerprint density at radius 1 is 1.19 bits per heavy atom. The number of Topliss-reactive ketones (excluding diaryl/α,β-unsaturated/α-hetero) is 1. The first kappa shape index (κ1) is 19.1. The van der Waals surface area contributed by atoms with Gasteiger partial charge in [0, 0.05) is 19.9 Å². The summed E-state index contributed by atoms with van der Waals surface area (Å²) in [6.07, 6.45) is 0.356. The molecule has 0 fully saturated rings. The minimum atomic E-state index is -4.08. The molecule has 3 rings (SSSR count). The Labute approximate surface area is 158 Å². The molecule has 0 saturated carbocycles. The Bertz CT molecular complexity index is 1010. The van der Waals surface area contributed by atoms with Crippen molar-refractivity contribution in [2.24, 2.45) is 0 Å². The van der Waals surface area contributed by atoms with Crippen LogP contribution in [0.4, 0.5) is 0 Å². The molecular formula is C20H21NO5S. The van der Waals surface area contributed by atoms with Crippen LogP contribution in [0.15, 0.2) is 41.3 Å². The maximum absolute atomic E-state index is 12.6. The molecule has 0 spiro atoms. The summed E-state index contributed by atoms with van der Waals surface area (Å²) < 4.78 is 30.6. The highest BCUT2D eigenvalue weighted by molar-refractivity contribution is 7.87. The smallest absolute Gasteiger partial charge is 0.339 e. The molecule has 2 aromatic rings. The van der Waals surface area contributed by atoms with E-state index in [-0.39, 0.29) is 28.3 Å². The van der Waals surface area contributed by atoms with E-state index in [1.54, 1.807) is 18.2 Å². The van der Waals surface area contributed by atoms with Gasteiger partial charge in [-0.3, -0.25) is 9.59 Å². The van der Waals surface area contributed by atoms with E-state index in [0.717, 1.165) is 16.7 Å². The van der Waals surface area contributed by atoms with Crippen molar-refractivity contribution in [1.29, 1.82) is 0 Å². The standard InChI is InChI=1S/C20H21NO5S/c1-12-4-9-18(20-17(23)10-13(2)19(12)20)26-27(24,25)16-7-5-15(6-8-16)11-21-14(3)22/h4-9,13H,10-11H2,1-3H3,(H,21,22)/t13-/m0/s1. The molecule has 0 unspecified atom stereocenters. The fourth-order valence-electron chi connectivity index (χ4n) is 3.34. The Morgan fingerprint density at radius 2 is 1.85 bits per heavy atom. The summed E-state index contributed by atoms with van der Waals surface area (Å²) >= 11 is 0. The average molecular weight is 387 g/mol. The van der Waals surface area contributed by atoms with Crippen LogP contribution in [-0.4, -0.2) is 20.1 Å². The second-order valence-corrected chi connectivity index (χ2v) is 8.34. The molecule has 0 heterocycles. The van der Waals surface area contributed by atoms with Crippen molar-refractivity contribution in [2.75, 3.05) is 0 Å². The number of hydrogen-bond acceptors (Lipinski definition) is 5. The first-order chi connectivity index (χ1) is 12.7. The van der Waals surface area contributed by atoms with E-state index >= 15 is 0 Å². The zero-order valence-corrected chi connectivity index (χ0v) is 16.2. The Kier molecular flexibility index (Phi) is 5.06. The van der Waals surface area contributed by atoms with E-state index in [2.05, 4.69) is 5.32 Å². The van der Waals surface area contributed by atoms with E-state index in [4.69, 9.17) is 4.18 Å². The molecular weight excluding hydrogens is 366 g/mol. The number of hydrogen-bond donors (Lipinski definition) is 1. The summed E-state index contributed by atoms with van der Waals surface area (Å²) in [7, 11) is -4.08. The van der Waals surface area contributed by atoms with Crippen LogP contribution in [-0.2, 0) is 21.5 Å². The number of fused-ring (bicyclic) bond motifs is 1. The molecule has 142 valence electrons. The van der Waals surface area contributed by atoms with Gasteiger partial charge in [-0.2, -0.15) is 8.42 Å². The molecule has 27 heavy (non-hydrogen) atoms. The zero-order valence-electron chi connectivity index (χ0n) is 15.4. The van der Waals surface area contributed by atoms with Crippen molar-refractivity contribution >= 4 is 21.8 Å². The first-order valence-corrected chi connectivity index (χ1v) is 10.0. The monoisotopic (exact) mass is 387 g/mol. The molecule has 0 bridgehead atoms. The Balaban J connectivity index is 1.88. The number of benzene rings is 2. The summed E-state index contributed by atoms with van der Waals surface area (Å²) in [5, 5.41) is 2.65. The lowest BCUT2D eigenvalue weighted by Crippen LogP contribution is -2.19. The van der Waals surface area contributed by atoms with Gasteiger partial charge in [0.1, 0.15) is 4.90 Å². The van der Waals surface area contributed by atoms with Crippen molar-refractivity contribution in [3.8, 4) is 5.75 Å². The van der Waals surface area contributed by atoms with Crippen molar-refractivity contribution in [1.82, 2.24) is 5.32 Å². The predicted molar refractivity (Wildman–Crippen MR) is 100 cm³/mol. The minimum absolute atomic E-state index is 0.0121. The van der Waals surface area contributed by atoms with Gasteiger partial charge < -0.3 is 9.50 Å². The number of carbonyl (C=O) groups is 2. The summed E-state index contributed by atoms with van der Waals surface area (Å²) in [6.45, 7) is 5.58. The Hall–Kier alpha value is -2.67. The topological polar surface area (TPSA) is 89.5 Å². The minimum Gasteiger partial charge on any atom is -0.378 e. The van der Waals surface area contributed by atoms with Crippen LogP contribution in [0.1, 0.15) is 53.2 Å². The lowest BCUT2D eigenvalue weighted by molar-refractivity contribution is -0.119. The normalized spacial score (nSPS) is 16.1. The average Bonchev–Trinajstić information content (AvgIpc) is 2.91. The molecule has 1 aliphatic rings. The van der Waals surface area contributed by atoms with E-state index in [1.165, 1.54) is 25.1 Å². The van der Waals surface area contributed by atoms with Gasteiger partial charge in [0.25, 0.3) is 0 Å². The Morgan fingerprint density at radius 3 is 2.48 bits per heavy atom. The molecule has 0 aromatic heterocycles. The van der Waals surface area contributed by atoms with Gasteiger partial charge in [-0.15, -0.1) is 0 Å². The zero-order chi connectivity index (χ0) is 19.8. The van der Waals surface area contributed by atoms with Crippen LogP contribution >= 0.6 is 0 Å². The van der Waals surface area contributed by atoms with Crippen molar-refractivity contribution < 1.29 is 22.2 Å². The van der Waals surface area contributed by atoms with E-state index in [1.807, 2.05) is 13.8 Å². The van der Waals surface area contributed by atoms with Crippen LogP contribution in [0.5, 0.6) is 5.75 Å². The number of nitrogens with one attached hydrogen (secondary N) is 1. The summed E-state index contributed by atoms with van der Waals surface area (Å²) in [5.41, 5.74) is 2.95. The molecule has 0 aliphatic heterocycles. The SMILES string of the molecule is CC(=O)NCc1ccc(S(=O)(=O)Oc2ccc(C)c3c2C(=O)C[C@@H]3C)cc1. The summed E-state index contributed by atoms with van der Waals surface area (Å²) in [6, 6.07) is 9.37. The lowest BCUT2D eigenvalue weighted by Gasteiger charge is -2.13. The predicted octanol–water partition coefficient (Wildman–Crippen LogP) is 3.09. The van der Waals surface area contributed by atoms with Crippen LogP contribution in [0.3, 0.4) is 0 Å². The number of carbonyl (C=O) groups excluding carboxylic acids is 2. The fraction of sp³-hybridized carbons (Fsp3) is 0.300. The molecule has 1 aliphatic carbocycles. The van der Waals surface area contributed by atoms with Crippen LogP contribution in [0.2, 0.25) is 0 Å². The van der Waals surface area contributed by atoms with E-state index < -0.39 is 10.1 Å². The highest BCUT2D eigenvalue weighted by Gasteiger charge is 2.32. The molecule has 1 N–H and O–H groups in total. The molecule has 7 heteroatoms. The second kappa shape index (κ2) is 7.15. The third kappa shape index (κ3) is 3.88. The van der Waals surface area contributed by atoms with Gasteiger partial charge in [0.15, 0.2) is 11.5 Å². The summed E-state index contributed by atoms with van der Waals surface area (Å²) in [5.74, 6) is -0.140. The highest BCUT2D eigenvalue weighted by Crippen LogP contribution is 2.40. The molecule has 0 radical (unpaired) electrons.